The van der Waals surface area contributed by atoms with Gasteiger partial charge in [-0.2, -0.15) is 0 Å². The summed E-state index contributed by atoms with van der Waals surface area (Å²) in [5.74, 6) is -0.402. The molecule has 2 nitrogen and oxygen atoms in total. The van der Waals surface area contributed by atoms with Gasteiger partial charge in [0, 0.05) is 17.2 Å². The van der Waals surface area contributed by atoms with Crippen LogP contribution >= 0.6 is 0 Å². The Balaban J connectivity index is 3.04. The van der Waals surface area contributed by atoms with E-state index in [0.717, 1.165) is 12.8 Å². The first-order valence-corrected chi connectivity index (χ1v) is 4.81. The van der Waals surface area contributed by atoms with Crippen LogP contribution < -0.4 is 5.73 Å². The molecule has 0 heterocycles. The van der Waals surface area contributed by atoms with Crippen LogP contribution in [0.15, 0.2) is 12.1 Å². The molecule has 78 valence electrons. The van der Waals surface area contributed by atoms with Gasteiger partial charge in [-0.25, -0.2) is 4.39 Å². The fourth-order valence-corrected chi connectivity index (χ4v) is 1.46. The Morgan fingerprint density at radius 3 is 2.71 bits per heavy atom. The normalized spacial score (nSPS) is 12.9. The number of nitrogens with two attached hydrogens (primary N) is 1. The van der Waals surface area contributed by atoms with Crippen LogP contribution in [0.25, 0.3) is 0 Å². The van der Waals surface area contributed by atoms with Gasteiger partial charge in [0.05, 0.1) is 0 Å². The molecule has 0 spiro atoms. The summed E-state index contributed by atoms with van der Waals surface area (Å²) in [5, 5.41) is 9.66. The monoisotopic (exact) mass is 197 g/mol. The summed E-state index contributed by atoms with van der Waals surface area (Å²) in [7, 11) is 0. The van der Waals surface area contributed by atoms with Gasteiger partial charge in [0.2, 0.25) is 0 Å². The SMILES string of the molecule is CCC[C@@H](N)c1ccc(F)c(C)c1O. The average molecular weight is 197 g/mol. The Morgan fingerprint density at radius 2 is 2.14 bits per heavy atom. The lowest BCUT2D eigenvalue weighted by molar-refractivity contribution is 0.446. The quantitative estimate of drug-likeness (QED) is 0.782. The van der Waals surface area contributed by atoms with Gasteiger partial charge in [-0.15, -0.1) is 0 Å². The van der Waals surface area contributed by atoms with Gasteiger partial charge in [-0.3, -0.25) is 0 Å². The molecule has 1 atom stereocenters. The van der Waals surface area contributed by atoms with Crippen molar-refractivity contribution in [2.75, 3.05) is 0 Å². The van der Waals surface area contributed by atoms with E-state index in [0.29, 0.717) is 5.56 Å². The largest absolute Gasteiger partial charge is 0.507 e. The van der Waals surface area contributed by atoms with Crippen molar-refractivity contribution in [3.8, 4) is 5.75 Å². The van der Waals surface area contributed by atoms with E-state index in [9.17, 15) is 9.50 Å². The topological polar surface area (TPSA) is 46.2 Å². The minimum absolute atomic E-state index is 0.00838. The van der Waals surface area contributed by atoms with E-state index in [1.807, 2.05) is 6.92 Å². The molecule has 1 rings (SSSR count). The van der Waals surface area contributed by atoms with E-state index < -0.39 is 5.82 Å². The Morgan fingerprint density at radius 1 is 1.50 bits per heavy atom. The lowest BCUT2D eigenvalue weighted by Crippen LogP contribution is -2.10. The zero-order valence-corrected chi connectivity index (χ0v) is 8.55. The maximum Gasteiger partial charge on any atom is 0.129 e. The van der Waals surface area contributed by atoms with E-state index in [4.69, 9.17) is 5.73 Å². The van der Waals surface area contributed by atoms with Crippen LogP contribution in [0.3, 0.4) is 0 Å². The fraction of sp³-hybridized carbons (Fsp3) is 0.455. The molecule has 0 aromatic heterocycles. The summed E-state index contributed by atoms with van der Waals surface area (Å²) in [5.41, 5.74) is 6.75. The Bertz CT molecular complexity index is 325. The second-order valence-electron chi connectivity index (χ2n) is 3.51. The van der Waals surface area contributed by atoms with Crippen LogP contribution in [0.2, 0.25) is 0 Å². The molecule has 0 saturated heterocycles. The molecule has 0 bridgehead atoms. The van der Waals surface area contributed by atoms with Crippen LogP contribution in [-0.4, -0.2) is 5.11 Å². The molecule has 1 aromatic rings. The summed E-state index contributed by atoms with van der Waals surface area (Å²) in [6.07, 6.45) is 1.73. The Hall–Kier alpha value is -1.09. The lowest BCUT2D eigenvalue weighted by Gasteiger charge is -2.14. The van der Waals surface area contributed by atoms with Crippen LogP contribution in [0.1, 0.15) is 36.9 Å². The molecule has 0 amide bonds. The number of halogens is 1. The molecule has 1 aromatic carbocycles. The summed E-state index contributed by atoms with van der Waals surface area (Å²) < 4.78 is 13.0. The van der Waals surface area contributed by atoms with Gasteiger partial charge in [0.25, 0.3) is 0 Å². The van der Waals surface area contributed by atoms with E-state index >= 15 is 0 Å². The predicted octanol–water partition coefficient (Wildman–Crippen LogP) is 2.64. The molecule has 0 aliphatic rings. The highest BCUT2D eigenvalue weighted by Gasteiger charge is 2.13. The molecular formula is C11H16FNO. The van der Waals surface area contributed by atoms with Gasteiger partial charge >= 0.3 is 0 Å². The lowest BCUT2D eigenvalue weighted by atomic mass is 9.99. The zero-order chi connectivity index (χ0) is 10.7. The number of hydrogen-bond acceptors (Lipinski definition) is 2. The number of aromatic hydroxyl groups is 1. The van der Waals surface area contributed by atoms with E-state index in [1.165, 1.54) is 6.07 Å². The van der Waals surface area contributed by atoms with E-state index in [1.54, 1.807) is 13.0 Å². The molecule has 3 heteroatoms. The number of phenolic OH excluding ortho intramolecular Hbond substituents is 1. The maximum atomic E-state index is 13.0. The second kappa shape index (κ2) is 4.42. The first kappa shape index (κ1) is 11.0. The third kappa shape index (κ3) is 2.04. The van der Waals surface area contributed by atoms with Crippen molar-refractivity contribution in [1.82, 2.24) is 0 Å². The van der Waals surface area contributed by atoms with Crippen molar-refractivity contribution in [2.45, 2.75) is 32.7 Å². The first-order valence-electron chi connectivity index (χ1n) is 4.81. The van der Waals surface area contributed by atoms with Crippen molar-refractivity contribution in [2.24, 2.45) is 5.73 Å². The minimum Gasteiger partial charge on any atom is -0.507 e. The second-order valence-corrected chi connectivity index (χ2v) is 3.51. The number of phenols is 1. The summed E-state index contributed by atoms with van der Waals surface area (Å²) >= 11 is 0. The Kier molecular flexibility index (Phi) is 3.47. The van der Waals surface area contributed by atoms with Crippen molar-refractivity contribution >= 4 is 0 Å². The highest BCUT2D eigenvalue weighted by molar-refractivity contribution is 5.42. The molecule has 0 aliphatic heterocycles. The highest BCUT2D eigenvalue weighted by Crippen LogP contribution is 2.29. The third-order valence-corrected chi connectivity index (χ3v) is 2.40. The van der Waals surface area contributed by atoms with Gasteiger partial charge in [-0.05, 0) is 19.4 Å². The number of benzene rings is 1. The molecule has 0 aliphatic carbocycles. The van der Waals surface area contributed by atoms with Crippen LogP contribution in [0.5, 0.6) is 5.75 Å². The zero-order valence-electron chi connectivity index (χ0n) is 8.55. The number of rotatable bonds is 3. The standard InChI is InChI=1S/C11H16FNO/c1-3-4-10(13)8-5-6-9(12)7(2)11(8)14/h5-6,10,14H,3-4,13H2,1-2H3/t10-/m1/s1. The maximum absolute atomic E-state index is 13.0. The van der Waals surface area contributed by atoms with Crippen molar-refractivity contribution < 1.29 is 9.50 Å². The molecule has 0 radical (unpaired) electrons. The summed E-state index contributed by atoms with van der Waals surface area (Å²) in [6.45, 7) is 3.57. The minimum atomic E-state index is -0.394. The predicted molar refractivity (Wildman–Crippen MR) is 54.6 cm³/mol. The molecule has 3 N–H and O–H groups in total. The van der Waals surface area contributed by atoms with Crippen LogP contribution in [-0.2, 0) is 0 Å². The number of hydrogen-bond donors (Lipinski definition) is 2. The van der Waals surface area contributed by atoms with Gasteiger partial charge in [-0.1, -0.05) is 19.4 Å². The molecule has 0 saturated carbocycles. The van der Waals surface area contributed by atoms with Crippen molar-refractivity contribution in [1.29, 1.82) is 0 Å². The highest BCUT2D eigenvalue weighted by atomic mass is 19.1. The van der Waals surface area contributed by atoms with Gasteiger partial charge in [0.15, 0.2) is 0 Å². The third-order valence-electron chi connectivity index (χ3n) is 2.40. The molecule has 0 fully saturated rings. The van der Waals surface area contributed by atoms with Crippen molar-refractivity contribution in [3.05, 3.63) is 29.1 Å². The first-order chi connectivity index (χ1) is 6.57. The van der Waals surface area contributed by atoms with Crippen LogP contribution in [0.4, 0.5) is 4.39 Å². The molecular weight excluding hydrogens is 181 g/mol. The van der Waals surface area contributed by atoms with Gasteiger partial charge in [0.1, 0.15) is 11.6 Å². The smallest absolute Gasteiger partial charge is 0.129 e. The van der Waals surface area contributed by atoms with E-state index in [-0.39, 0.29) is 17.4 Å². The van der Waals surface area contributed by atoms with Crippen LogP contribution in [0, 0.1) is 12.7 Å². The van der Waals surface area contributed by atoms with Crippen molar-refractivity contribution in [3.63, 3.8) is 0 Å². The summed E-state index contributed by atoms with van der Waals surface area (Å²) in [6, 6.07) is 2.69. The fourth-order valence-electron chi connectivity index (χ4n) is 1.46. The average Bonchev–Trinajstić information content (AvgIpc) is 2.15. The van der Waals surface area contributed by atoms with Gasteiger partial charge < -0.3 is 10.8 Å². The summed E-state index contributed by atoms with van der Waals surface area (Å²) in [4.78, 5) is 0. The van der Waals surface area contributed by atoms with E-state index in [2.05, 4.69) is 0 Å². The molecule has 0 unspecified atom stereocenters. The Labute approximate surface area is 83.6 Å². The molecule has 14 heavy (non-hydrogen) atoms.